The Labute approximate surface area is 112 Å². The van der Waals surface area contributed by atoms with Crippen LogP contribution in [0.3, 0.4) is 0 Å². The summed E-state index contributed by atoms with van der Waals surface area (Å²) in [6, 6.07) is 5.93. The molecule has 7 heteroatoms. The molecule has 0 spiro atoms. The number of nitrogen functional groups attached to an aromatic ring is 1. The van der Waals surface area contributed by atoms with Crippen molar-refractivity contribution in [3.05, 3.63) is 24.3 Å². The van der Waals surface area contributed by atoms with Crippen LogP contribution in [0, 0.1) is 0 Å². The van der Waals surface area contributed by atoms with Crippen molar-refractivity contribution >= 4 is 15.7 Å². The summed E-state index contributed by atoms with van der Waals surface area (Å²) in [5.74, 6) is 0. The first-order valence-electron chi connectivity index (χ1n) is 6.05. The number of aliphatic hydroxyl groups excluding tert-OH is 1. The van der Waals surface area contributed by atoms with Crippen LogP contribution in [0.2, 0.25) is 0 Å². The number of nitrogens with two attached hydrogens (primary N) is 1. The lowest BCUT2D eigenvalue weighted by atomic mass is 10.2. The Kier molecular flexibility index (Phi) is 4.10. The molecule has 0 radical (unpaired) electrons. The number of ether oxygens (including phenoxy) is 1. The maximum absolute atomic E-state index is 12.5. The van der Waals surface area contributed by atoms with Crippen LogP contribution in [-0.2, 0) is 14.8 Å². The first-order valence-corrected chi connectivity index (χ1v) is 7.49. The van der Waals surface area contributed by atoms with Gasteiger partial charge < -0.3 is 15.6 Å². The Morgan fingerprint density at radius 1 is 1.53 bits per heavy atom. The molecular weight excluding hydrogens is 268 g/mol. The molecular formula is C12H18N2O4S. The minimum Gasteiger partial charge on any atom is -0.399 e. The van der Waals surface area contributed by atoms with Crippen molar-refractivity contribution in [1.82, 2.24) is 4.31 Å². The second-order valence-corrected chi connectivity index (χ2v) is 6.52. The second kappa shape index (κ2) is 5.46. The molecule has 1 aliphatic heterocycles. The van der Waals surface area contributed by atoms with Crippen LogP contribution in [0.1, 0.15) is 6.92 Å². The number of nitrogens with zero attached hydrogens (tertiary/aromatic N) is 1. The molecule has 1 saturated heterocycles. The van der Waals surface area contributed by atoms with E-state index in [0.29, 0.717) is 5.69 Å². The van der Waals surface area contributed by atoms with Crippen LogP contribution >= 0.6 is 0 Å². The molecule has 0 aromatic heterocycles. The van der Waals surface area contributed by atoms with Crippen molar-refractivity contribution in [3.8, 4) is 0 Å². The number of anilines is 1. The average Bonchev–Trinajstić information content (AvgIpc) is 2.39. The monoisotopic (exact) mass is 286 g/mol. The third-order valence-electron chi connectivity index (χ3n) is 3.12. The smallest absolute Gasteiger partial charge is 0.243 e. The van der Waals surface area contributed by atoms with Crippen molar-refractivity contribution in [2.45, 2.75) is 24.0 Å². The molecule has 1 aromatic carbocycles. The van der Waals surface area contributed by atoms with E-state index in [4.69, 9.17) is 15.6 Å². The van der Waals surface area contributed by atoms with Crippen molar-refractivity contribution in [3.63, 3.8) is 0 Å². The summed E-state index contributed by atoms with van der Waals surface area (Å²) in [4.78, 5) is 0.165. The second-order valence-electron chi connectivity index (χ2n) is 4.63. The number of benzene rings is 1. The molecule has 19 heavy (non-hydrogen) atoms. The summed E-state index contributed by atoms with van der Waals surface area (Å²) in [5.41, 5.74) is 6.03. The number of rotatable bonds is 3. The summed E-state index contributed by atoms with van der Waals surface area (Å²) in [7, 11) is -3.61. The van der Waals surface area contributed by atoms with E-state index < -0.39 is 16.1 Å². The summed E-state index contributed by atoms with van der Waals surface area (Å²) in [6.07, 6.45) is -0.480. The highest BCUT2D eigenvalue weighted by Gasteiger charge is 2.35. The van der Waals surface area contributed by atoms with E-state index in [1.807, 2.05) is 0 Å². The lowest BCUT2D eigenvalue weighted by molar-refractivity contribution is -0.0516. The fourth-order valence-corrected chi connectivity index (χ4v) is 3.75. The lowest BCUT2D eigenvalue weighted by Crippen LogP contribution is -2.51. The van der Waals surface area contributed by atoms with Crippen molar-refractivity contribution in [1.29, 1.82) is 0 Å². The van der Waals surface area contributed by atoms with Gasteiger partial charge in [-0.1, -0.05) is 6.07 Å². The van der Waals surface area contributed by atoms with Gasteiger partial charge in [0.15, 0.2) is 0 Å². The molecule has 2 unspecified atom stereocenters. The molecule has 6 nitrogen and oxygen atoms in total. The standard InChI is InChI=1S/C12H18N2O4S/c1-9-8-18-11(7-15)6-14(9)19(16,17)12-4-2-3-10(13)5-12/h2-5,9,11,15H,6-8,13H2,1H3. The van der Waals surface area contributed by atoms with Crippen LogP contribution in [0.5, 0.6) is 0 Å². The zero-order valence-corrected chi connectivity index (χ0v) is 11.5. The number of morpholine rings is 1. The highest BCUT2D eigenvalue weighted by Crippen LogP contribution is 2.23. The molecule has 2 atom stereocenters. The average molecular weight is 286 g/mol. The van der Waals surface area contributed by atoms with Crippen molar-refractivity contribution in [2.24, 2.45) is 0 Å². The Morgan fingerprint density at radius 3 is 2.89 bits per heavy atom. The summed E-state index contributed by atoms with van der Waals surface area (Å²) < 4.78 is 31.8. The van der Waals surface area contributed by atoms with E-state index in [2.05, 4.69) is 0 Å². The maximum atomic E-state index is 12.5. The Morgan fingerprint density at radius 2 is 2.26 bits per heavy atom. The molecule has 1 fully saturated rings. The van der Waals surface area contributed by atoms with Crippen LogP contribution in [0.15, 0.2) is 29.2 Å². The van der Waals surface area contributed by atoms with Crippen molar-refractivity contribution in [2.75, 3.05) is 25.5 Å². The fraction of sp³-hybridized carbons (Fsp3) is 0.500. The van der Waals surface area contributed by atoms with Crippen LogP contribution < -0.4 is 5.73 Å². The molecule has 0 amide bonds. The molecule has 3 N–H and O–H groups in total. The van der Waals surface area contributed by atoms with E-state index in [0.717, 1.165) is 0 Å². The van der Waals surface area contributed by atoms with Gasteiger partial charge in [-0.25, -0.2) is 8.42 Å². The van der Waals surface area contributed by atoms with Gasteiger partial charge in [-0.15, -0.1) is 0 Å². The van der Waals surface area contributed by atoms with Gasteiger partial charge in [-0.05, 0) is 25.1 Å². The zero-order valence-electron chi connectivity index (χ0n) is 10.7. The minimum absolute atomic E-state index is 0.148. The lowest BCUT2D eigenvalue weighted by Gasteiger charge is -2.36. The normalized spacial score (nSPS) is 25.4. The SMILES string of the molecule is CC1COC(CO)CN1S(=O)(=O)c1cccc(N)c1. The number of sulfonamides is 1. The Balaban J connectivity index is 2.32. The highest BCUT2D eigenvalue weighted by atomic mass is 32.2. The molecule has 106 valence electrons. The number of hydrogen-bond acceptors (Lipinski definition) is 5. The number of hydrogen-bond donors (Lipinski definition) is 2. The van der Waals surface area contributed by atoms with E-state index in [1.54, 1.807) is 19.1 Å². The van der Waals surface area contributed by atoms with Gasteiger partial charge in [0.2, 0.25) is 10.0 Å². The molecule has 1 aliphatic rings. The molecule has 0 aliphatic carbocycles. The predicted octanol–water partition coefficient (Wildman–Crippen LogP) is 0.0391. The van der Waals surface area contributed by atoms with E-state index in [9.17, 15) is 8.42 Å². The Hall–Kier alpha value is -1.15. The van der Waals surface area contributed by atoms with Gasteiger partial charge >= 0.3 is 0 Å². The quantitative estimate of drug-likeness (QED) is 0.765. The third kappa shape index (κ3) is 2.89. The zero-order chi connectivity index (χ0) is 14.0. The van der Waals surface area contributed by atoms with Gasteiger partial charge in [0.1, 0.15) is 0 Å². The van der Waals surface area contributed by atoms with Gasteiger partial charge in [0, 0.05) is 18.3 Å². The van der Waals surface area contributed by atoms with E-state index in [-0.39, 0.29) is 30.7 Å². The van der Waals surface area contributed by atoms with Gasteiger partial charge in [-0.2, -0.15) is 4.31 Å². The maximum Gasteiger partial charge on any atom is 0.243 e. The Bertz CT molecular complexity index is 546. The molecule has 1 aromatic rings. The largest absolute Gasteiger partial charge is 0.399 e. The highest BCUT2D eigenvalue weighted by molar-refractivity contribution is 7.89. The van der Waals surface area contributed by atoms with Crippen LogP contribution in [0.4, 0.5) is 5.69 Å². The minimum atomic E-state index is -3.61. The first-order chi connectivity index (χ1) is 8.95. The summed E-state index contributed by atoms with van der Waals surface area (Å²) in [6.45, 7) is 1.99. The van der Waals surface area contributed by atoms with Crippen molar-refractivity contribution < 1.29 is 18.3 Å². The van der Waals surface area contributed by atoms with Gasteiger partial charge in [0.25, 0.3) is 0 Å². The molecule has 1 heterocycles. The third-order valence-corrected chi connectivity index (χ3v) is 5.09. The summed E-state index contributed by atoms with van der Waals surface area (Å²) >= 11 is 0. The number of aliphatic hydroxyl groups is 1. The summed E-state index contributed by atoms with van der Waals surface area (Å²) in [5, 5.41) is 9.11. The van der Waals surface area contributed by atoms with Crippen LogP contribution in [-0.4, -0.2) is 49.7 Å². The van der Waals surface area contributed by atoms with E-state index >= 15 is 0 Å². The predicted molar refractivity (Wildman–Crippen MR) is 71.0 cm³/mol. The topological polar surface area (TPSA) is 92.9 Å². The van der Waals surface area contributed by atoms with Gasteiger partial charge in [0.05, 0.1) is 24.2 Å². The molecule has 0 saturated carbocycles. The first kappa shape index (κ1) is 14.3. The van der Waals surface area contributed by atoms with Gasteiger partial charge in [-0.3, -0.25) is 0 Å². The molecule has 0 bridgehead atoms. The molecule has 2 rings (SSSR count). The van der Waals surface area contributed by atoms with E-state index in [1.165, 1.54) is 16.4 Å². The fourth-order valence-electron chi connectivity index (χ4n) is 2.05. The van der Waals surface area contributed by atoms with Crippen LogP contribution in [0.25, 0.3) is 0 Å².